The van der Waals surface area contributed by atoms with E-state index in [-0.39, 0.29) is 29.0 Å². The molecule has 0 radical (unpaired) electrons. The van der Waals surface area contributed by atoms with Crippen LogP contribution in [0.4, 0.5) is 0 Å². The highest BCUT2D eigenvalue weighted by atomic mass is 16.5. The lowest BCUT2D eigenvalue weighted by atomic mass is 10.1. The summed E-state index contributed by atoms with van der Waals surface area (Å²) in [6.45, 7) is 0.541. The predicted molar refractivity (Wildman–Crippen MR) is 114 cm³/mol. The molecule has 0 atom stereocenters. The van der Waals surface area contributed by atoms with Crippen LogP contribution in [0, 0.1) is 0 Å². The molecular formula is C23H17NO8. The van der Waals surface area contributed by atoms with E-state index in [1.807, 2.05) is 0 Å². The summed E-state index contributed by atoms with van der Waals surface area (Å²) in [6.07, 6.45) is 0. The molecule has 0 bridgehead atoms. The van der Waals surface area contributed by atoms with Crippen molar-refractivity contribution in [3.05, 3.63) is 86.6 Å². The number of hydrogen-bond acceptors (Lipinski definition) is 8. The predicted octanol–water partition coefficient (Wildman–Crippen LogP) is 2.49. The molecule has 2 aromatic carbocycles. The van der Waals surface area contributed by atoms with Gasteiger partial charge in [0.15, 0.2) is 0 Å². The van der Waals surface area contributed by atoms with Gasteiger partial charge in [-0.05, 0) is 30.3 Å². The third kappa shape index (κ3) is 4.28. The minimum atomic E-state index is -0.916. The van der Waals surface area contributed by atoms with E-state index in [4.69, 9.17) is 18.3 Å². The van der Waals surface area contributed by atoms with E-state index in [2.05, 4.69) is 5.32 Å². The number of fused-ring (bicyclic) bond motifs is 2. The standard InChI is InChI=1S/C23H17NO8/c1-29-9-8-24-20(25)16-10-14-6-7-15(12-19(14)32-21(16)26)30-22(27)17-11-13-4-2-3-5-18(13)31-23(17)28/h2-7,10-12H,8-9H2,1H3,(H,24,25). The Morgan fingerprint density at radius 1 is 0.875 bits per heavy atom. The van der Waals surface area contributed by atoms with Gasteiger partial charge in [0.05, 0.1) is 6.61 Å². The van der Waals surface area contributed by atoms with E-state index < -0.39 is 23.1 Å². The SMILES string of the molecule is COCCNC(=O)c1cc2ccc(OC(=O)c3cc4ccccc4oc3=O)cc2oc1=O. The van der Waals surface area contributed by atoms with Crippen molar-refractivity contribution >= 4 is 33.8 Å². The Hall–Kier alpha value is -4.24. The summed E-state index contributed by atoms with van der Waals surface area (Å²) < 4.78 is 20.5. The fourth-order valence-electron chi connectivity index (χ4n) is 3.04. The van der Waals surface area contributed by atoms with Gasteiger partial charge >= 0.3 is 17.2 Å². The zero-order valence-corrected chi connectivity index (χ0v) is 16.9. The van der Waals surface area contributed by atoms with Crippen molar-refractivity contribution in [2.45, 2.75) is 0 Å². The van der Waals surface area contributed by atoms with Crippen LogP contribution in [0.1, 0.15) is 20.7 Å². The van der Waals surface area contributed by atoms with Crippen LogP contribution in [0.15, 0.2) is 73.0 Å². The van der Waals surface area contributed by atoms with Gasteiger partial charge in [-0.3, -0.25) is 4.79 Å². The van der Waals surface area contributed by atoms with Crippen LogP contribution in [0.2, 0.25) is 0 Å². The van der Waals surface area contributed by atoms with Crippen molar-refractivity contribution < 1.29 is 27.9 Å². The van der Waals surface area contributed by atoms with Gasteiger partial charge < -0.3 is 23.6 Å². The number of para-hydroxylation sites is 1. The molecular weight excluding hydrogens is 418 g/mol. The number of nitrogens with one attached hydrogen (secondary N) is 1. The Morgan fingerprint density at radius 3 is 2.38 bits per heavy atom. The van der Waals surface area contributed by atoms with Crippen LogP contribution < -0.4 is 21.3 Å². The summed E-state index contributed by atoms with van der Waals surface area (Å²) in [5.41, 5.74) is -1.64. The van der Waals surface area contributed by atoms with Crippen molar-refractivity contribution in [1.82, 2.24) is 5.32 Å². The molecule has 9 nitrogen and oxygen atoms in total. The first-order chi connectivity index (χ1) is 15.5. The Balaban J connectivity index is 1.59. The Morgan fingerprint density at radius 2 is 1.56 bits per heavy atom. The van der Waals surface area contributed by atoms with Crippen LogP contribution in [0.5, 0.6) is 5.75 Å². The maximum Gasteiger partial charge on any atom is 0.351 e. The number of methoxy groups -OCH3 is 1. The summed E-state index contributed by atoms with van der Waals surface area (Å²) in [5, 5.41) is 3.57. The zero-order valence-electron chi connectivity index (χ0n) is 16.9. The molecule has 2 heterocycles. The number of carbonyl (C=O) groups is 2. The average molecular weight is 435 g/mol. The summed E-state index contributed by atoms with van der Waals surface area (Å²) in [7, 11) is 1.49. The van der Waals surface area contributed by atoms with E-state index >= 15 is 0 Å². The van der Waals surface area contributed by atoms with E-state index in [0.29, 0.717) is 23.0 Å². The lowest BCUT2D eigenvalue weighted by Gasteiger charge is -2.07. The number of carbonyl (C=O) groups excluding carboxylic acids is 2. The van der Waals surface area contributed by atoms with E-state index in [1.54, 1.807) is 24.3 Å². The number of amides is 1. The maximum atomic E-state index is 12.5. The van der Waals surface area contributed by atoms with Gasteiger partial charge in [-0.15, -0.1) is 0 Å². The molecule has 0 aliphatic carbocycles. The van der Waals surface area contributed by atoms with Crippen molar-refractivity contribution in [3.8, 4) is 5.75 Å². The Labute approximate surface area is 180 Å². The van der Waals surface area contributed by atoms with Gasteiger partial charge in [0.25, 0.3) is 5.91 Å². The van der Waals surface area contributed by atoms with Gasteiger partial charge in [-0.2, -0.15) is 0 Å². The maximum absolute atomic E-state index is 12.5. The second-order valence-electron chi connectivity index (χ2n) is 6.77. The molecule has 4 rings (SSSR count). The van der Waals surface area contributed by atoms with E-state index in [1.165, 1.54) is 37.4 Å². The van der Waals surface area contributed by atoms with Gasteiger partial charge in [0.2, 0.25) is 0 Å². The molecule has 1 amide bonds. The Bertz CT molecular complexity index is 1450. The monoisotopic (exact) mass is 435 g/mol. The zero-order chi connectivity index (χ0) is 22.7. The quantitative estimate of drug-likeness (QED) is 0.212. The van der Waals surface area contributed by atoms with Crippen molar-refractivity contribution in [3.63, 3.8) is 0 Å². The van der Waals surface area contributed by atoms with Gasteiger partial charge in [-0.1, -0.05) is 18.2 Å². The highest BCUT2D eigenvalue weighted by Gasteiger charge is 2.18. The van der Waals surface area contributed by atoms with Gasteiger partial charge in [-0.25, -0.2) is 14.4 Å². The van der Waals surface area contributed by atoms with Crippen LogP contribution in [0.25, 0.3) is 21.9 Å². The molecule has 0 saturated carbocycles. The minimum Gasteiger partial charge on any atom is -0.423 e. The fraction of sp³-hybridized carbons (Fsp3) is 0.130. The van der Waals surface area contributed by atoms with E-state index in [9.17, 15) is 19.2 Å². The molecule has 32 heavy (non-hydrogen) atoms. The molecule has 1 N–H and O–H groups in total. The summed E-state index contributed by atoms with van der Waals surface area (Å²) >= 11 is 0. The first kappa shape index (κ1) is 21.0. The largest absolute Gasteiger partial charge is 0.423 e. The molecule has 4 aromatic rings. The van der Waals surface area contributed by atoms with Crippen LogP contribution in [0.3, 0.4) is 0 Å². The Kier molecular flexibility index (Phi) is 5.82. The smallest absolute Gasteiger partial charge is 0.351 e. The summed E-state index contributed by atoms with van der Waals surface area (Å²) in [5.74, 6) is -1.45. The van der Waals surface area contributed by atoms with Crippen LogP contribution in [-0.4, -0.2) is 32.1 Å². The molecule has 2 aromatic heterocycles. The highest BCUT2D eigenvalue weighted by Crippen LogP contribution is 2.22. The molecule has 9 heteroatoms. The fourth-order valence-corrected chi connectivity index (χ4v) is 3.04. The molecule has 162 valence electrons. The number of ether oxygens (including phenoxy) is 2. The molecule has 0 aliphatic rings. The number of hydrogen-bond donors (Lipinski definition) is 1. The first-order valence-corrected chi connectivity index (χ1v) is 9.56. The highest BCUT2D eigenvalue weighted by molar-refractivity contribution is 5.97. The van der Waals surface area contributed by atoms with Crippen LogP contribution in [-0.2, 0) is 4.74 Å². The topological polar surface area (TPSA) is 125 Å². The second kappa shape index (κ2) is 8.86. The molecule has 0 unspecified atom stereocenters. The van der Waals surface area contributed by atoms with Crippen molar-refractivity contribution in [2.24, 2.45) is 0 Å². The first-order valence-electron chi connectivity index (χ1n) is 9.56. The van der Waals surface area contributed by atoms with Crippen molar-refractivity contribution in [1.29, 1.82) is 0 Å². The molecule has 0 aliphatic heterocycles. The van der Waals surface area contributed by atoms with Gasteiger partial charge in [0.1, 0.15) is 28.0 Å². The molecule has 0 fully saturated rings. The van der Waals surface area contributed by atoms with Gasteiger partial charge in [0, 0.05) is 30.5 Å². The van der Waals surface area contributed by atoms with E-state index in [0.717, 1.165) is 0 Å². The molecule has 0 saturated heterocycles. The normalized spacial score (nSPS) is 10.9. The number of rotatable bonds is 6. The minimum absolute atomic E-state index is 0.0514. The average Bonchev–Trinajstić information content (AvgIpc) is 2.78. The molecule has 0 spiro atoms. The summed E-state index contributed by atoms with van der Waals surface area (Å²) in [4.78, 5) is 49.0. The second-order valence-corrected chi connectivity index (χ2v) is 6.77. The third-order valence-electron chi connectivity index (χ3n) is 4.62. The number of esters is 1. The lowest BCUT2D eigenvalue weighted by molar-refractivity contribution is 0.0730. The third-order valence-corrected chi connectivity index (χ3v) is 4.62. The summed E-state index contributed by atoms with van der Waals surface area (Å²) in [6, 6.07) is 13.8. The number of benzene rings is 2. The van der Waals surface area contributed by atoms with Crippen molar-refractivity contribution in [2.75, 3.05) is 20.3 Å². The lowest BCUT2D eigenvalue weighted by Crippen LogP contribution is -2.30. The van der Waals surface area contributed by atoms with Crippen LogP contribution >= 0.6 is 0 Å².